The molecule has 7 nitrogen and oxygen atoms in total. The summed E-state index contributed by atoms with van der Waals surface area (Å²) in [4.78, 5) is 27.9. The van der Waals surface area contributed by atoms with Crippen LogP contribution in [0.3, 0.4) is 0 Å². The summed E-state index contributed by atoms with van der Waals surface area (Å²) in [7, 11) is 3.90. The molecule has 8 heteroatoms. The molecule has 144 valence electrons. The standard InChI is InChI=1S/C19H25BrN6O/c1-13-22-16(10-17(23-13)26(2)3)24-19(7-5-4-6-8-19)25-18(27)14-9-15(20)12-21-11-14/h9-12H,4-8H2,1-3H3,(H,25,27)(H,22,23,24). The zero-order valence-electron chi connectivity index (χ0n) is 15.9. The number of anilines is 2. The molecule has 2 aromatic rings. The van der Waals surface area contributed by atoms with E-state index < -0.39 is 5.66 Å². The Bertz CT molecular complexity index is 820. The van der Waals surface area contributed by atoms with Crippen molar-refractivity contribution in [3.05, 3.63) is 40.4 Å². The number of aryl methyl sites for hydroxylation is 1. The first-order chi connectivity index (χ1) is 12.9. The second-order valence-corrected chi connectivity index (χ2v) is 8.08. The van der Waals surface area contributed by atoms with E-state index in [0.717, 1.165) is 41.8 Å². The molecule has 0 unspecified atom stereocenters. The van der Waals surface area contributed by atoms with Crippen LogP contribution >= 0.6 is 15.9 Å². The van der Waals surface area contributed by atoms with E-state index in [1.807, 2.05) is 32.0 Å². The van der Waals surface area contributed by atoms with Gasteiger partial charge < -0.3 is 15.5 Å². The minimum atomic E-state index is -0.526. The van der Waals surface area contributed by atoms with E-state index in [2.05, 4.69) is 41.5 Å². The minimum Gasteiger partial charge on any atom is -0.363 e. The van der Waals surface area contributed by atoms with Crippen molar-refractivity contribution in [1.82, 2.24) is 20.3 Å². The lowest BCUT2D eigenvalue weighted by Gasteiger charge is -2.39. The molecule has 0 saturated heterocycles. The fourth-order valence-electron chi connectivity index (χ4n) is 3.35. The monoisotopic (exact) mass is 432 g/mol. The lowest BCUT2D eigenvalue weighted by Crippen LogP contribution is -2.55. The van der Waals surface area contributed by atoms with E-state index in [1.54, 1.807) is 18.5 Å². The number of pyridine rings is 1. The van der Waals surface area contributed by atoms with Crippen LogP contribution in [0.1, 0.15) is 48.3 Å². The third-order valence-corrected chi connectivity index (χ3v) is 5.11. The third-order valence-electron chi connectivity index (χ3n) is 4.68. The number of rotatable bonds is 5. The maximum atomic E-state index is 12.8. The summed E-state index contributed by atoms with van der Waals surface area (Å²) < 4.78 is 0.780. The number of halogens is 1. The highest BCUT2D eigenvalue weighted by atomic mass is 79.9. The largest absolute Gasteiger partial charge is 0.363 e. The van der Waals surface area contributed by atoms with Crippen molar-refractivity contribution in [3.63, 3.8) is 0 Å². The van der Waals surface area contributed by atoms with Gasteiger partial charge in [0.15, 0.2) is 0 Å². The van der Waals surface area contributed by atoms with E-state index in [1.165, 1.54) is 6.42 Å². The summed E-state index contributed by atoms with van der Waals surface area (Å²) in [5, 5.41) is 6.71. The van der Waals surface area contributed by atoms with Crippen LogP contribution in [0.2, 0.25) is 0 Å². The molecule has 0 spiro atoms. The minimum absolute atomic E-state index is 0.142. The molecule has 0 bridgehead atoms. The molecule has 1 fully saturated rings. The number of carbonyl (C=O) groups excluding carboxylic acids is 1. The SMILES string of the molecule is Cc1nc(NC2(NC(=O)c3cncc(Br)c3)CCCCC2)cc(N(C)C)n1. The first kappa shape index (κ1) is 19.5. The normalized spacial score (nSPS) is 15.9. The van der Waals surface area contributed by atoms with Crippen LogP contribution < -0.4 is 15.5 Å². The van der Waals surface area contributed by atoms with Crippen LogP contribution in [0, 0.1) is 6.92 Å². The van der Waals surface area contributed by atoms with Gasteiger partial charge in [-0.25, -0.2) is 9.97 Å². The van der Waals surface area contributed by atoms with Crippen molar-refractivity contribution < 1.29 is 4.79 Å². The zero-order chi connectivity index (χ0) is 19.4. The van der Waals surface area contributed by atoms with Crippen molar-refractivity contribution in [2.24, 2.45) is 0 Å². The number of hydrogen-bond acceptors (Lipinski definition) is 6. The molecule has 1 aliphatic rings. The van der Waals surface area contributed by atoms with Crippen LogP contribution in [0.5, 0.6) is 0 Å². The topological polar surface area (TPSA) is 83.0 Å². The average Bonchev–Trinajstić information content (AvgIpc) is 2.61. The molecular weight excluding hydrogens is 408 g/mol. The van der Waals surface area contributed by atoms with Crippen molar-refractivity contribution in [2.45, 2.75) is 44.7 Å². The Hall–Kier alpha value is -2.22. The number of nitrogens with one attached hydrogen (secondary N) is 2. The highest BCUT2D eigenvalue weighted by Gasteiger charge is 2.34. The van der Waals surface area contributed by atoms with E-state index in [0.29, 0.717) is 11.4 Å². The average molecular weight is 433 g/mol. The van der Waals surface area contributed by atoms with Gasteiger partial charge in [-0.1, -0.05) is 6.42 Å². The van der Waals surface area contributed by atoms with Crippen LogP contribution in [-0.4, -0.2) is 40.6 Å². The van der Waals surface area contributed by atoms with Gasteiger partial charge >= 0.3 is 0 Å². The van der Waals surface area contributed by atoms with Gasteiger partial charge in [0.25, 0.3) is 5.91 Å². The van der Waals surface area contributed by atoms with E-state index >= 15 is 0 Å². The molecule has 1 amide bonds. The maximum Gasteiger partial charge on any atom is 0.254 e. The van der Waals surface area contributed by atoms with Crippen molar-refractivity contribution in [3.8, 4) is 0 Å². The fourth-order valence-corrected chi connectivity index (χ4v) is 3.72. The Labute approximate surface area is 168 Å². The summed E-state index contributed by atoms with van der Waals surface area (Å²) in [6, 6.07) is 3.69. The lowest BCUT2D eigenvalue weighted by molar-refractivity contribution is 0.0887. The van der Waals surface area contributed by atoms with Crippen LogP contribution in [0.15, 0.2) is 29.0 Å². The van der Waals surface area contributed by atoms with E-state index in [9.17, 15) is 4.79 Å². The number of nitrogens with zero attached hydrogens (tertiary/aromatic N) is 4. The Kier molecular flexibility index (Phi) is 5.94. The Balaban J connectivity index is 1.86. The molecule has 1 saturated carbocycles. The molecular formula is C19H25BrN6O. The smallest absolute Gasteiger partial charge is 0.254 e. The van der Waals surface area contributed by atoms with Crippen LogP contribution in [0.4, 0.5) is 11.6 Å². The van der Waals surface area contributed by atoms with Gasteiger partial charge in [-0.05, 0) is 54.6 Å². The maximum absolute atomic E-state index is 12.8. The summed E-state index contributed by atoms with van der Waals surface area (Å²) in [6.45, 7) is 1.87. The van der Waals surface area contributed by atoms with Gasteiger partial charge in [0.05, 0.1) is 5.56 Å². The van der Waals surface area contributed by atoms with Crippen molar-refractivity contribution >= 4 is 33.5 Å². The second kappa shape index (κ2) is 8.21. The van der Waals surface area contributed by atoms with Crippen LogP contribution in [-0.2, 0) is 0 Å². The molecule has 0 aliphatic heterocycles. The number of amides is 1. The van der Waals surface area contributed by atoms with Crippen molar-refractivity contribution in [2.75, 3.05) is 24.3 Å². The molecule has 0 atom stereocenters. The highest BCUT2D eigenvalue weighted by molar-refractivity contribution is 9.10. The summed E-state index contributed by atoms with van der Waals surface area (Å²) in [5.41, 5.74) is 0.00569. The Morgan fingerprint density at radius 1 is 1.15 bits per heavy atom. The Morgan fingerprint density at radius 3 is 2.56 bits per heavy atom. The van der Waals surface area contributed by atoms with E-state index in [-0.39, 0.29) is 5.91 Å². The zero-order valence-corrected chi connectivity index (χ0v) is 17.5. The fraction of sp³-hybridized carbons (Fsp3) is 0.474. The molecule has 2 aromatic heterocycles. The van der Waals surface area contributed by atoms with Gasteiger partial charge in [0.1, 0.15) is 23.1 Å². The predicted molar refractivity (Wildman–Crippen MR) is 110 cm³/mol. The summed E-state index contributed by atoms with van der Waals surface area (Å²) in [6.07, 6.45) is 8.21. The molecule has 2 N–H and O–H groups in total. The highest BCUT2D eigenvalue weighted by Crippen LogP contribution is 2.30. The first-order valence-corrected chi connectivity index (χ1v) is 9.90. The summed E-state index contributed by atoms with van der Waals surface area (Å²) in [5.74, 6) is 2.10. The molecule has 27 heavy (non-hydrogen) atoms. The molecule has 0 aromatic carbocycles. The van der Waals surface area contributed by atoms with Gasteiger partial charge in [0, 0.05) is 37.0 Å². The molecule has 0 radical (unpaired) electrons. The third kappa shape index (κ3) is 4.94. The summed E-state index contributed by atoms with van der Waals surface area (Å²) >= 11 is 3.37. The van der Waals surface area contributed by atoms with Gasteiger partial charge in [-0.2, -0.15) is 0 Å². The predicted octanol–water partition coefficient (Wildman–Crippen LogP) is 3.51. The number of aromatic nitrogens is 3. The second-order valence-electron chi connectivity index (χ2n) is 7.17. The Morgan fingerprint density at radius 2 is 1.89 bits per heavy atom. The molecule has 1 aliphatic carbocycles. The lowest BCUT2D eigenvalue weighted by atomic mass is 9.88. The van der Waals surface area contributed by atoms with E-state index in [4.69, 9.17) is 0 Å². The van der Waals surface area contributed by atoms with Crippen LogP contribution in [0.25, 0.3) is 0 Å². The van der Waals surface area contributed by atoms with Gasteiger partial charge in [-0.3, -0.25) is 9.78 Å². The van der Waals surface area contributed by atoms with Gasteiger partial charge in [-0.15, -0.1) is 0 Å². The number of carbonyl (C=O) groups is 1. The van der Waals surface area contributed by atoms with Gasteiger partial charge in [0.2, 0.25) is 0 Å². The quantitative estimate of drug-likeness (QED) is 0.703. The number of hydrogen-bond donors (Lipinski definition) is 2. The first-order valence-electron chi connectivity index (χ1n) is 9.11. The molecule has 3 rings (SSSR count). The van der Waals surface area contributed by atoms with Crippen molar-refractivity contribution in [1.29, 1.82) is 0 Å². The molecule has 2 heterocycles.